The summed E-state index contributed by atoms with van der Waals surface area (Å²) in [6.45, 7) is 8.72. The summed E-state index contributed by atoms with van der Waals surface area (Å²) < 4.78 is 0. The predicted molar refractivity (Wildman–Crippen MR) is 93.7 cm³/mol. The fourth-order valence-electron chi connectivity index (χ4n) is 2.45. The van der Waals surface area contributed by atoms with E-state index in [1.807, 2.05) is 0 Å². The normalized spacial score (nSPS) is 13.5. The Morgan fingerprint density at radius 2 is 1.19 bits per heavy atom. The SMILES string of the molecule is Cc1ccc(C(c2ccc(C(C)(C)C)cc2)C(Cl)Cl)cc1. The van der Waals surface area contributed by atoms with Gasteiger partial charge in [-0.15, -0.1) is 23.2 Å². The van der Waals surface area contributed by atoms with Gasteiger partial charge in [0.2, 0.25) is 0 Å². The summed E-state index contributed by atoms with van der Waals surface area (Å²) in [6, 6.07) is 17.0. The van der Waals surface area contributed by atoms with Gasteiger partial charge in [-0.1, -0.05) is 74.9 Å². The van der Waals surface area contributed by atoms with E-state index in [0.717, 1.165) is 11.1 Å². The first kappa shape index (κ1) is 16.4. The first-order valence-corrected chi connectivity index (χ1v) is 8.11. The molecule has 2 aromatic rings. The number of hydrogen-bond donors (Lipinski definition) is 0. The van der Waals surface area contributed by atoms with E-state index in [9.17, 15) is 0 Å². The molecule has 1 atom stereocenters. The molecule has 2 aromatic carbocycles. The Hall–Kier alpha value is -0.980. The van der Waals surface area contributed by atoms with E-state index in [1.165, 1.54) is 11.1 Å². The average molecular weight is 321 g/mol. The second kappa shape index (κ2) is 6.42. The van der Waals surface area contributed by atoms with Gasteiger partial charge >= 0.3 is 0 Å². The Morgan fingerprint density at radius 1 is 0.762 bits per heavy atom. The van der Waals surface area contributed by atoms with Gasteiger partial charge in [0.1, 0.15) is 4.84 Å². The van der Waals surface area contributed by atoms with Gasteiger partial charge in [-0.3, -0.25) is 0 Å². The van der Waals surface area contributed by atoms with Crippen molar-refractivity contribution < 1.29 is 0 Å². The van der Waals surface area contributed by atoms with Gasteiger partial charge in [-0.25, -0.2) is 0 Å². The van der Waals surface area contributed by atoms with Gasteiger partial charge in [0.25, 0.3) is 0 Å². The summed E-state index contributed by atoms with van der Waals surface area (Å²) in [5, 5.41) is 0. The quantitative estimate of drug-likeness (QED) is 0.588. The molecule has 0 aliphatic rings. The Kier molecular flexibility index (Phi) is 5.01. The van der Waals surface area contributed by atoms with Gasteiger partial charge in [0.15, 0.2) is 0 Å². The second-order valence-electron chi connectivity index (χ2n) is 6.59. The summed E-state index contributed by atoms with van der Waals surface area (Å²) in [6.07, 6.45) is 0. The number of alkyl halides is 2. The smallest absolute Gasteiger partial charge is 0.104 e. The van der Waals surface area contributed by atoms with Crippen molar-refractivity contribution in [3.8, 4) is 0 Å². The summed E-state index contributed by atoms with van der Waals surface area (Å²) >= 11 is 12.5. The van der Waals surface area contributed by atoms with Crippen LogP contribution < -0.4 is 0 Å². The molecule has 2 heteroatoms. The number of benzene rings is 2. The minimum atomic E-state index is -0.465. The van der Waals surface area contributed by atoms with Crippen LogP contribution in [0.5, 0.6) is 0 Å². The van der Waals surface area contributed by atoms with Crippen molar-refractivity contribution in [3.05, 3.63) is 70.8 Å². The molecule has 0 nitrogen and oxygen atoms in total. The number of aryl methyl sites for hydroxylation is 1. The van der Waals surface area contributed by atoms with Gasteiger partial charge < -0.3 is 0 Å². The molecule has 0 N–H and O–H groups in total. The highest BCUT2D eigenvalue weighted by molar-refractivity contribution is 6.45. The van der Waals surface area contributed by atoms with Gasteiger partial charge in [-0.05, 0) is 29.0 Å². The Bertz CT molecular complexity index is 574. The lowest BCUT2D eigenvalue weighted by Crippen LogP contribution is -2.13. The molecule has 2 rings (SSSR count). The Labute approximate surface area is 138 Å². The fraction of sp³-hybridized carbons (Fsp3) is 0.368. The molecule has 0 heterocycles. The maximum absolute atomic E-state index is 6.25. The molecule has 1 unspecified atom stereocenters. The molecule has 0 fully saturated rings. The van der Waals surface area contributed by atoms with E-state index in [4.69, 9.17) is 23.2 Å². The molecular formula is C19H22Cl2. The molecule has 0 aromatic heterocycles. The van der Waals surface area contributed by atoms with Crippen LogP contribution in [-0.4, -0.2) is 4.84 Å². The Balaban J connectivity index is 2.37. The highest BCUT2D eigenvalue weighted by atomic mass is 35.5. The summed E-state index contributed by atoms with van der Waals surface area (Å²) in [5.74, 6) is 0.00273. The molecule has 21 heavy (non-hydrogen) atoms. The van der Waals surface area contributed by atoms with Crippen LogP contribution in [0.15, 0.2) is 48.5 Å². The molecule has 0 aliphatic carbocycles. The third-order valence-electron chi connectivity index (χ3n) is 3.82. The predicted octanol–water partition coefficient (Wildman–Crippen LogP) is 6.23. The first-order chi connectivity index (χ1) is 9.79. The summed E-state index contributed by atoms with van der Waals surface area (Å²) in [7, 11) is 0. The highest BCUT2D eigenvalue weighted by Crippen LogP contribution is 2.34. The molecule has 0 aliphatic heterocycles. The van der Waals surface area contributed by atoms with E-state index in [2.05, 4.69) is 76.2 Å². The molecule has 0 spiro atoms. The van der Waals surface area contributed by atoms with Crippen molar-refractivity contribution in [2.45, 2.75) is 43.9 Å². The first-order valence-electron chi connectivity index (χ1n) is 7.24. The average Bonchev–Trinajstić information content (AvgIpc) is 2.40. The number of halogens is 2. The molecular weight excluding hydrogens is 299 g/mol. The zero-order valence-corrected chi connectivity index (χ0v) is 14.5. The van der Waals surface area contributed by atoms with Crippen molar-refractivity contribution in [3.63, 3.8) is 0 Å². The lowest BCUT2D eigenvalue weighted by atomic mass is 9.84. The lowest BCUT2D eigenvalue weighted by molar-refractivity contribution is 0.590. The summed E-state index contributed by atoms with van der Waals surface area (Å²) in [4.78, 5) is -0.465. The molecule has 0 saturated heterocycles. The van der Waals surface area contributed by atoms with Crippen molar-refractivity contribution in [2.75, 3.05) is 0 Å². The maximum atomic E-state index is 6.25. The molecule has 0 amide bonds. The molecule has 112 valence electrons. The topological polar surface area (TPSA) is 0 Å². The van der Waals surface area contributed by atoms with E-state index in [0.29, 0.717) is 0 Å². The maximum Gasteiger partial charge on any atom is 0.118 e. The standard InChI is InChI=1S/C19H22Cl2/c1-13-5-7-14(8-6-13)17(18(20)21)15-9-11-16(12-10-15)19(2,3)4/h5-12,17-18H,1-4H3. The minimum absolute atomic E-state index is 0.00273. The van der Waals surface area contributed by atoms with Crippen molar-refractivity contribution in [2.24, 2.45) is 0 Å². The van der Waals surface area contributed by atoms with Gasteiger partial charge in [0.05, 0.1) is 0 Å². The third kappa shape index (κ3) is 4.02. The van der Waals surface area contributed by atoms with Crippen molar-refractivity contribution in [1.82, 2.24) is 0 Å². The van der Waals surface area contributed by atoms with Gasteiger partial charge in [-0.2, -0.15) is 0 Å². The van der Waals surface area contributed by atoms with Crippen LogP contribution in [0.3, 0.4) is 0 Å². The van der Waals surface area contributed by atoms with E-state index in [1.54, 1.807) is 0 Å². The van der Waals surface area contributed by atoms with Crippen LogP contribution in [0.25, 0.3) is 0 Å². The van der Waals surface area contributed by atoms with Crippen LogP contribution in [0.4, 0.5) is 0 Å². The highest BCUT2D eigenvalue weighted by Gasteiger charge is 2.22. The largest absolute Gasteiger partial charge is 0.118 e. The third-order valence-corrected chi connectivity index (χ3v) is 4.33. The molecule has 0 radical (unpaired) electrons. The van der Waals surface area contributed by atoms with Crippen LogP contribution in [0.1, 0.15) is 48.9 Å². The van der Waals surface area contributed by atoms with E-state index in [-0.39, 0.29) is 11.3 Å². The monoisotopic (exact) mass is 320 g/mol. The van der Waals surface area contributed by atoms with Crippen LogP contribution >= 0.6 is 23.2 Å². The number of rotatable bonds is 3. The second-order valence-corrected chi connectivity index (χ2v) is 7.76. The van der Waals surface area contributed by atoms with Crippen molar-refractivity contribution in [1.29, 1.82) is 0 Å². The molecule has 0 saturated carbocycles. The van der Waals surface area contributed by atoms with Crippen LogP contribution in [0, 0.1) is 6.92 Å². The zero-order chi connectivity index (χ0) is 15.6. The van der Waals surface area contributed by atoms with E-state index < -0.39 is 4.84 Å². The summed E-state index contributed by atoms with van der Waals surface area (Å²) in [5.41, 5.74) is 5.01. The zero-order valence-electron chi connectivity index (χ0n) is 13.0. The fourth-order valence-corrected chi connectivity index (χ4v) is 3.03. The van der Waals surface area contributed by atoms with Crippen LogP contribution in [0.2, 0.25) is 0 Å². The minimum Gasteiger partial charge on any atom is -0.104 e. The Morgan fingerprint density at radius 3 is 1.57 bits per heavy atom. The van der Waals surface area contributed by atoms with Crippen molar-refractivity contribution >= 4 is 23.2 Å². The van der Waals surface area contributed by atoms with Crippen LogP contribution in [-0.2, 0) is 5.41 Å². The van der Waals surface area contributed by atoms with E-state index >= 15 is 0 Å². The number of hydrogen-bond acceptors (Lipinski definition) is 0. The lowest BCUT2D eigenvalue weighted by Gasteiger charge is -2.22. The molecule has 0 bridgehead atoms. The van der Waals surface area contributed by atoms with Gasteiger partial charge in [0, 0.05) is 5.92 Å².